The fourth-order valence-corrected chi connectivity index (χ4v) is 4.14. The number of halogens is 4. The van der Waals surface area contributed by atoms with E-state index < -0.39 is 35.6 Å². The Morgan fingerprint density at radius 1 is 1.14 bits per heavy atom. The molecule has 1 aliphatic rings. The highest BCUT2D eigenvalue weighted by molar-refractivity contribution is 6.08. The van der Waals surface area contributed by atoms with Gasteiger partial charge in [-0.25, -0.2) is 23.9 Å². The zero-order chi connectivity index (χ0) is 25.0. The molecule has 0 radical (unpaired) electrons. The lowest BCUT2D eigenvalue weighted by Gasteiger charge is -2.22. The van der Waals surface area contributed by atoms with Crippen LogP contribution in [0.1, 0.15) is 36.6 Å². The first kappa shape index (κ1) is 22.6. The molecule has 180 valence electrons. The van der Waals surface area contributed by atoms with Crippen molar-refractivity contribution in [1.82, 2.24) is 29.5 Å². The van der Waals surface area contributed by atoms with E-state index in [-0.39, 0.29) is 41.4 Å². The summed E-state index contributed by atoms with van der Waals surface area (Å²) in [6.07, 6.45) is -2.85. The Morgan fingerprint density at radius 2 is 1.89 bits per heavy atom. The van der Waals surface area contributed by atoms with Crippen LogP contribution in [0.15, 0.2) is 36.8 Å². The van der Waals surface area contributed by atoms with Crippen molar-refractivity contribution in [2.24, 2.45) is 0 Å². The van der Waals surface area contributed by atoms with Gasteiger partial charge in [-0.1, -0.05) is 12.1 Å². The summed E-state index contributed by atoms with van der Waals surface area (Å²) in [4.78, 5) is 29.8. The van der Waals surface area contributed by atoms with E-state index in [0.717, 1.165) is 0 Å². The molecule has 0 bridgehead atoms. The number of rotatable bonds is 5. The number of aromatic hydroxyl groups is 1. The molecule has 1 aliphatic heterocycles. The zero-order valence-electron chi connectivity index (χ0n) is 18.1. The number of hydrogen-bond acceptors (Lipinski definition) is 7. The monoisotopic (exact) mass is 487 g/mol. The van der Waals surface area contributed by atoms with E-state index in [1.807, 2.05) is 0 Å². The Bertz CT molecular complexity index is 1450. The van der Waals surface area contributed by atoms with Gasteiger partial charge < -0.3 is 10.4 Å². The lowest BCUT2D eigenvalue weighted by molar-refractivity contribution is -0.135. The average molecular weight is 487 g/mol. The minimum Gasteiger partial charge on any atom is -0.493 e. The van der Waals surface area contributed by atoms with Gasteiger partial charge in [-0.2, -0.15) is 23.3 Å². The van der Waals surface area contributed by atoms with E-state index in [1.165, 1.54) is 41.3 Å². The van der Waals surface area contributed by atoms with Crippen molar-refractivity contribution >= 4 is 17.4 Å². The zero-order valence-corrected chi connectivity index (χ0v) is 18.1. The molecule has 13 heteroatoms. The third-order valence-corrected chi connectivity index (χ3v) is 5.93. The molecular formula is C22H17F4N7O2. The highest BCUT2D eigenvalue weighted by Crippen LogP contribution is 2.46. The molecule has 1 aromatic carbocycles. The number of amides is 1. The lowest BCUT2D eigenvalue weighted by atomic mass is 9.78. The Hall–Kier alpha value is -4.16. The van der Waals surface area contributed by atoms with Crippen LogP contribution in [-0.2, 0) is 16.6 Å². The second kappa shape index (κ2) is 7.96. The molecule has 1 atom stereocenters. The molecule has 35 heavy (non-hydrogen) atoms. The number of alkyl halides is 3. The number of carbonyl (C=O) groups excluding carboxylic acids is 1. The highest BCUT2D eigenvalue weighted by atomic mass is 19.4. The number of nitrogens with one attached hydrogen (secondary N) is 1. The first-order valence-electron chi connectivity index (χ1n) is 10.5. The van der Waals surface area contributed by atoms with E-state index in [2.05, 4.69) is 30.4 Å². The van der Waals surface area contributed by atoms with Crippen LogP contribution >= 0.6 is 0 Å². The normalized spacial score (nSPS) is 17.6. The number of aromatic nitrogens is 6. The van der Waals surface area contributed by atoms with Crippen molar-refractivity contribution in [2.75, 3.05) is 5.32 Å². The second-order valence-corrected chi connectivity index (χ2v) is 8.25. The van der Waals surface area contributed by atoms with E-state index in [0.29, 0.717) is 11.2 Å². The second-order valence-electron chi connectivity index (χ2n) is 8.25. The van der Waals surface area contributed by atoms with Gasteiger partial charge >= 0.3 is 6.18 Å². The fraction of sp³-hybridized carbons (Fsp3) is 0.273. The molecule has 9 nitrogen and oxygen atoms in total. The molecule has 2 N–H and O–H groups in total. The first-order valence-corrected chi connectivity index (χ1v) is 10.5. The molecular weight excluding hydrogens is 470 g/mol. The van der Waals surface area contributed by atoms with Gasteiger partial charge in [-0.15, -0.1) is 0 Å². The Balaban J connectivity index is 1.56. The molecule has 0 saturated carbocycles. The molecule has 0 spiro atoms. The van der Waals surface area contributed by atoms with Gasteiger partial charge in [0.2, 0.25) is 11.8 Å². The number of anilines is 1. The molecule has 4 heterocycles. The van der Waals surface area contributed by atoms with Crippen LogP contribution in [0.5, 0.6) is 5.88 Å². The van der Waals surface area contributed by atoms with E-state index >= 15 is 0 Å². The van der Waals surface area contributed by atoms with Crippen molar-refractivity contribution in [3.8, 4) is 17.4 Å². The quantitative estimate of drug-likeness (QED) is 0.413. The number of carbonyl (C=O) groups is 1. The molecule has 3 aromatic heterocycles. The smallest absolute Gasteiger partial charge is 0.389 e. The third kappa shape index (κ3) is 3.92. The Kier molecular flexibility index (Phi) is 5.15. The van der Waals surface area contributed by atoms with Crippen LogP contribution in [0.25, 0.3) is 17.2 Å². The van der Waals surface area contributed by atoms with Gasteiger partial charge in [0.1, 0.15) is 29.1 Å². The van der Waals surface area contributed by atoms with Gasteiger partial charge in [-0.3, -0.25) is 4.79 Å². The Morgan fingerprint density at radius 3 is 2.60 bits per heavy atom. The molecule has 1 amide bonds. The van der Waals surface area contributed by atoms with Crippen LogP contribution in [0, 0.1) is 5.82 Å². The van der Waals surface area contributed by atoms with Gasteiger partial charge in [0.15, 0.2) is 11.5 Å². The van der Waals surface area contributed by atoms with Crippen LogP contribution in [0.2, 0.25) is 0 Å². The summed E-state index contributed by atoms with van der Waals surface area (Å²) in [7, 11) is 0. The molecule has 0 fully saturated rings. The highest BCUT2D eigenvalue weighted by Gasteiger charge is 2.48. The number of nitrogens with zero attached hydrogens (tertiary/aromatic N) is 6. The predicted octanol–water partition coefficient (Wildman–Crippen LogP) is 3.57. The molecule has 0 saturated heterocycles. The predicted molar refractivity (Wildman–Crippen MR) is 114 cm³/mol. The maximum absolute atomic E-state index is 13.4. The van der Waals surface area contributed by atoms with Crippen LogP contribution < -0.4 is 5.32 Å². The van der Waals surface area contributed by atoms with E-state index in [1.54, 1.807) is 6.92 Å². The number of hydrogen-bond donors (Lipinski definition) is 2. The Labute approximate surface area is 194 Å². The largest absolute Gasteiger partial charge is 0.493 e. The van der Waals surface area contributed by atoms with E-state index in [9.17, 15) is 27.5 Å². The standard InChI is InChI=1S/C22H17F4N7O2/c1-21(11-4-6-12(23)7-5-11)15-17(32-20(21)35)30-16(31-19(15)34)14-9-33-18(27-10-28-33)13(29-14)3-2-8-22(24,25)26/h4-7,9-10H,2-3,8H2,1H3,(H2,30,31,32,34,35). The van der Waals surface area contributed by atoms with Crippen LogP contribution in [0.4, 0.5) is 23.4 Å². The summed E-state index contributed by atoms with van der Waals surface area (Å²) in [6, 6.07) is 5.28. The minimum absolute atomic E-state index is 0.0220. The average Bonchev–Trinajstić information content (AvgIpc) is 3.36. The molecule has 4 aromatic rings. The number of aryl methyl sites for hydroxylation is 1. The summed E-state index contributed by atoms with van der Waals surface area (Å²) in [5.41, 5.74) is -0.169. The van der Waals surface area contributed by atoms with Crippen molar-refractivity contribution in [3.63, 3.8) is 0 Å². The third-order valence-electron chi connectivity index (χ3n) is 5.93. The van der Waals surface area contributed by atoms with Crippen molar-refractivity contribution in [1.29, 1.82) is 0 Å². The van der Waals surface area contributed by atoms with E-state index in [4.69, 9.17) is 0 Å². The SMILES string of the molecule is CC1(c2ccc(F)cc2)C(=O)Nc2nc(-c3cn4ncnc4c(CCCC(F)(F)F)n3)nc(O)c21. The van der Waals surface area contributed by atoms with Crippen LogP contribution in [0.3, 0.4) is 0 Å². The molecule has 1 unspecified atom stereocenters. The number of benzene rings is 1. The maximum Gasteiger partial charge on any atom is 0.389 e. The van der Waals surface area contributed by atoms with Gasteiger partial charge in [-0.05, 0) is 37.5 Å². The summed E-state index contributed by atoms with van der Waals surface area (Å²) in [6.45, 7) is 1.56. The topological polar surface area (TPSA) is 118 Å². The van der Waals surface area contributed by atoms with Gasteiger partial charge in [0.25, 0.3) is 0 Å². The summed E-state index contributed by atoms with van der Waals surface area (Å²) in [5, 5.41) is 17.5. The lowest BCUT2D eigenvalue weighted by Crippen LogP contribution is -2.32. The minimum atomic E-state index is -4.30. The molecule has 0 aliphatic carbocycles. The van der Waals surface area contributed by atoms with Gasteiger partial charge in [0.05, 0.1) is 17.5 Å². The summed E-state index contributed by atoms with van der Waals surface area (Å²) >= 11 is 0. The van der Waals surface area contributed by atoms with Crippen molar-refractivity contribution in [2.45, 2.75) is 37.8 Å². The fourth-order valence-electron chi connectivity index (χ4n) is 4.14. The summed E-state index contributed by atoms with van der Waals surface area (Å²) < 4.78 is 52.6. The van der Waals surface area contributed by atoms with Crippen molar-refractivity contribution in [3.05, 3.63) is 59.4 Å². The number of fused-ring (bicyclic) bond motifs is 2. The van der Waals surface area contributed by atoms with Crippen molar-refractivity contribution < 1.29 is 27.5 Å². The first-order chi connectivity index (χ1) is 16.6. The van der Waals surface area contributed by atoms with Gasteiger partial charge in [0, 0.05) is 6.42 Å². The summed E-state index contributed by atoms with van der Waals surface area (Å²) in [5.74, 6) is -1.49. The van der Waals surface area contributed by atoms with Crippen LogP contribution in [-0.4, -0.2) is 46.7 Å². The molecule has 5 rings (SSSR count). The maximum atomic E-state index is 13.4.